The molecule has 2 aromatic heterocycles. The second-order valence-corrected chi connectivity index (χ2v) is 7.44. The Bertz CT molecular complexity index is 1010. The molecule has 1 fully saturated rings. The molecule has 28 heavy (non-hydrogen) atoms. The molecule has 2 atom stereocenters. The van der Waals surface area contributed by atoms with E-state index in [0.29, 0.717) is 0 Å². The second kappa shape index (κ2) is 7.36. The van der Waals surface area contributed by atoms with Gasteiger partial charge < -0.3 is 14.8 Å². The Morgan fingerprint density at radius 3 is 2.64 bits per heavy atom. The molecule has 1 N–H and O–H groups in total. The molecule has 0 saturated carbocycles. The minimum Gasteiger partial charge on any atom is -0.352 e. The van der Waals surface area contributed by atoms with E-state index in [9.17, 15) is 4.39 Å². The van der Waals surface area contributed by atoms with Gasteiger partial charge in [-0.1, -0.05) is 12.1 Å². The number of nitrogens with one attached hydrogen (secondary N) is 1. The van der Waals surface area contributed by atoms with Crippen molar-refractivity contribution in [3.05, 3.63) is 83.2 Å². The Hall–Kier alpha value is -2.73. The summed E-state index contributed by atoms with van der Waals surface area (Å²) in [6, 6.07) is 14.8. The molecular formula is C22H23FN4S. The molecule has 0 spiro atoms. The van der Waals surface area contributed by atoms with Crippen molar-refractivity contribution in [2.45, 2.75) is 32.9 Å². The number of aryl methyl sites for hydroxylation is 1. The molecule has 3 aromatic rings. The van der Waals surface area contributed by atoms with E-state index in [1.54, 1.807) is 12.1 Å². The van der Waals surface area contributed by atoms with E-state index < -0.39 is 0 Å². The summed E-state index contributed by atoms with van der Waals surface area (Å²) in [5, 5.41) is 4.19. The largest absolute Gasteiger partial charge is 0.352 e. The SMILES string of the molecule is CCN1C(=S)N[C@@H](c2ccccn2)[C@@H]1c1cc(C)n(-c2cccc(F)c2)c1C. The number of benzene rings is 1. The molecule has 0 radical (unpaired) electrons. The highest BCUT2D eigenvalue weighted by molar-refractivity contribution is 7.80. The van der Waals surface area contributed by atoms with Gasteiger partial charge >= 0.3 is 0 Å². The van der Waals surface area contributed by atoms with Crippen LogP contribution >= 0.6 is 12.2 Å². The summed E-state index contributed by atoms with van der Waals surface area (Å²) in [5.74, 6) is -0.239. The Morgan fingerprint density at radius 2 is 1.96 bits per heavy atom. The number of hydrogen-bond donors (Lipinski definition) is 1. The Kier molecular flexibility index (Phi) is 4.89. The minimum absolute atomic E-state index is 0.0286. The summed E-state index contributed by atoms with van der Waals surface area (Å²) in [6.07, 6.45) is 1.81. The molecule has 4 nitrogen and oxygen atoms in total. The van der Waals surface area contributed by atoms with E-state index in [4.69, 9.17) is 12.2 Å². The zero-order valence-corrected chi connectivity index (χ0v) is 17.0. The lowest BCUT2D eigenvalue weighted by Crippen LogP contribution is -2.29. The quantitative estimate of drug-likeness (QED) is 0.655. The summed E-state index contributed by atoms with van der Waals surface area (Å²) >= 11 is 5.62. The third-order valence-corrected chi connectivity index (χ3v) is 5.75. The molecule has 1 aromatic carbocycles. The van der Waals surface area contributed by atoms with E-state index in [1.807, 2.05) is 37.4 Å². The van der Waals surface area contributed by atoms with Crippen molar-refractivity contribution < 1.29 is 4.39 Å². The molecule has 6 heteroatoms. The number of aromatic nitrogens is 2. The van der Waals surface area contributed by atoms with Crippen molar-refractivity contribution in [1.82, 2.24) is 19.8 Å². The predicted molar refractivity (Wildman–Crippen MR) is 113 cm³/mol. The van der Waals surface area contributed by atoms with Crippen molar-refractivity contribution >= 4 is 17.3 Å². The lowest BCUT2D eigenvalue weighted by Gasteiger charge is -2.27. The van der Waals surface area contributed by atoms with E-state index in [0.717, 1.165) is 34.4 Å². The van der Waals surface area contributed by atoms with Gasteiger partial charge in [-0.3, -0.25) is 4.98 Å². The Balaban J connectivity index is 1.84. The van der Waals surface area contributed by atoms with Crippen molar-refractivity contribution in [1.29, 1.82) is 0 Å². The van der Waals surface area contributed by atoms with Crippen LogP contribution < -0.4 is 5.32 Å². The number of hydrogen-bond acceptors (Lipinski definition) is 2. The third kappa shape index (κ3) is 3.07. The molecule has 1 aliphatic heterocycles. The highest BCUT2D eigenvalue weighted by Crippen LogP contribution is 2.41. The Labute approximate surface area is 170 Å². The van der Waals surface area contributed by atoms with Gasteiger partial charge in [-0.25, -0.2) is 4.39 Å². The van der Waals surface area contributed by atoms with Crippen LogP contribution in [0.3, 0.4) is 0 Å². The average Bonchev–Trinajstić information content (AvgIpc) is 3.17. The van der Waals surface area contributed by atoms with Crippen molar-refractivity contribution in [3.63, 3.8) is 0 Å². The van der Waals surface area contributed by atoms with Gasteiger partial charge in [-0.15, -0.1) is 0 Å². The first kappa shape index (κ1) is 18.6. The van der Waals surface area contributed by atoms with E-state index in [2.05, 4.69) is 39.7 Å². The summed E-state index contributed by atoms with van der Waals surface area (Å²) in [7, 11) is 0. The van der Waals surface area contributed by atoms with Crippen LogP contribution in [0.5, 0.6) is 0 Å². The van der Waals surface area contributed by atoms with Gasteiger partial charge in [-0.2, -0.15) is 0 Å². The number of rotatable bonds is 4. The predicted octanol–water partition coefficient (Wildman–Crippen LogP) is 4.62. The van der Waals surface area contributed by atoms with Gasteiger partial charge in [-0.05, 0) is 75.0 Å². The lowest BCUT2D eigenvalue weighted by atomic mass is 9.97. The van der Waals surface area contributed by atoms with Gasteiger partial charge in [0.25, 0.3) is 0 Å². The zero-order chi connectivity index (χ0) is 19.8. The van der Waals surface area contributed by atoms with Crippen molar-refractivity contribution in [2.75, 3.05) is 6.54 Å². The molecule has 0 bridgehead atoms. The van der Waals surface area contributed by atoms with E-state index in [-0.39, 0.29) is 17.9 Å². The fraction of sp³-hybridized carbons (Fsp3) is 0.273. The van der Waals surface area contributed by atoms with Crippen LogP contribution in [-0.2, 0) is 0 Å². The molecule has 3 heterocycles. The summed E-state index contributed by atoms with van der Waals surface area (Å²) in [5.41, 5.74) is 5.10. The maximum Gasteiger partial charge on any atom is 0.170 e. The summed E-state index contributed by atoms with van der Waals surface area (Å²) in [4.78, 5) is 6.76. The van der Waals surface area contributed by atoms with Crippen LogP contribution in [-0.4, -0.2) is 26.1 Å². The average molecular weight is 395 g/mol. The molecule has 0 unspecified atom stereocenters. The highest BCUT2D eigenvalue weighted by Gasteiger charge is 2.40. The first-order chi connectivity index (χ1) is 13.5. The maximum absolute atomic E-state index is 13.8. The van der Waals surface area contributed by atoms with E-state index in [1.165, 1.54) is 11.6 Å². The number of thiocarbonyl (C=S) groups is 1. The third-order valence-electron chi connectivity index (χ3n) is 5.39. The first-order valence-electron chi connectivity index (χ1n) is 9.44. The maximum atomic E-state index is 13.8. The highest BCUT2D eigenvalue weighted by atomic mass is 32.1. The van der Waals surface area contributed by atoms with Gasteiger partial charge in [0.2, 0.25) is 0 Å². The number of likely N-dealkylation sites (N-methyl/N-ethyl adjacent to an activating group) is 1. The molecule has 0 amide bonds. The zero-order valence-electron chi connectivity index (χ0n) is 16.2. The van der Waals surface area contributed by atoms with Crippen LogP contribution in [0.15, 0.2) is 54.7 Å². The molecule has 144 valence electrons. The number of nitrogens with zero attached hydrogens (tertiary/aromatic N) is 3. The van der Waals surface area contributed by atoms with Crippen LogP contribution in [0.1, 0.15) is 41.7 Å². The number of pyridine rings is 1. The van der Waals surface area contributed by atoms with Crippen LogP contribution in [0.4, 0.5) is 4.39 Å². The molecule has 0 aliphatic carbocycles. The normalized spacial score (nSPS) is 19.1. The van der Waals surface area contributed by atoms with Crippen molar-refractivity contribution in [3.8, 4) is 5.69 Å². The van der Waals surface area contributed by atoms with Gasteiger partial charge in [0.05, 0.1) is 17.8 Å². The van der Waals surface area contributed by atoms with Crippen LogP contribution in [0.25, 0.3) is 5.69 Å². The first-order valence-corrected chi connectivity index (χ1v) is 9.85. The molecule has 4 rings (SSSR count). The van der Waals surface area contributed by atoms with E-state index >= 15 is 0 Å². The fourth-order valence-electron chi connectivity index (χ4n) is 4.18. The topological polar surface area (TPSA) is 33.1 Å². The fourth-order valence-corrected chi connectivity index (χ4v) is 4.55. The van der Waals surface area contributed by atoms with Crippen LogP contribution in [0.2, 0.25) is 0 Å². The molecule has 1 aliphatic rings. The standard InChI is InChI=1S/C22H23FN4S/c1-4-26-21(20(25-22(26)28)19-10-5-6-11-24-19)18-12-14(2)27(15(18)3)17-9-7-8-16(23)13-17/h5-13,20-21H,4H2,1-3H3,(H,25,28)/t20-,21-/m0/s1. The second-order valence-electron chi connectivity index (χ2n) is 7.05. The van der Waals surface area contributed by atoms with Gasteiger partial charge in [0, 0.05) is 29.8 Å². The lowest BCUT2D eigenvalue weighted by molar-refractivity contribution is 0.329. The van der Waals surface area contributed by atoms with Crippen molar-refractivity contribution in [2.24, 2.45) is 0 Å². The molecular weight excluding hydrogens is 371 g/mol. The summed E-state index contributed by atoms with van der Waals surface area (Å²) in [6.45, 7) is 7.03. The Morgan fingerprint density at radius 1 is 1.14 bits per heavy atom. The van der Waals surface area contributed by atoms with Crippen LogP contribution in [0, 0.1) is 19.7 Å². The smallest absolute Gasteiger partial charge is 0.170 e. The molecule has 1 saturated heterocycles. The minimum atomic E-state index is -0.239. The monoisotopic (exact) mass is 394 g/mol. The number of halogens is 1. The van der Waals surface area contributed by atoms with Gasteiger partial charge in [0.15, 0.2) is 5.11 Å². The summed E-state index contributed by atoms with van der Waals surface area (Å²) < 4.78 is 15.9. The van der Waals surface area contributed by atoms with Gasteiger partial charge in [0.1, 0.15) is 5.82 Å².